The summed E-state index contributed by atoms with van der Waals surface area (Å²) in [4.78, 5) is 16.0. The molecule has 41 heavy (non-hydrogen) atoms. The SMILES string of the molecule is CCc1ccccc1N1C(N)=C(C#N)C(c2cc(C)cc(COc3ccccc3Cl)c2C)C2=C1CC(C)(C)CC2=O. The van der Waals surface area contributed by atoms with Gasteiger partial charge in [0.15, 0.2) is 5.78 Å². The number of aryl methyl sites for hydroxylation is 2. The van der Waals surface area contributed by atoms with Crippen LogP contribution in [0.1, 0.15) is 67.3 Å². The summed E-state index contributed by atoms with van der Waals surface area (Å²) in [6, 6.07) is 22.1. The quantitative estimate of drug-likeness (QED) is 0.327. The van der Waals surface area contributed by atoms with Crippen LogP contribution in [0.15, 0.2) is 83.3 Å². The molecule has 3 aromatic rings. The molecular formula is C35H36ClN3O2. The second-order valence-electron chi connectivity index (χ2n) is 11.8. The molecule has 6 heteroatoms. The van der Waals surface area contributed by atoms with E-state index in [0.29, 0.717) is 47.2 Å². The fourth-order valence-electron chi connectivity index (χ4n) is 6.25. The molecule has 2 N–H and O–H groups in total. The molecule has 0 fully saturated rings. The largest absolute Gasteiger partial charge is 0.487 e. The van der Waals surface area contributed by atoms with Gasteiger partial charge in [-0.1, -0.05) is 80.4 Å². The third-order valence-corrected chi connectivity index (χ3v) is 8.54. The van der Waals surface area contributed by atoms with Gasteiger partial charge >= 0.3 is 0 Å². The Kier molecular flexibility index (Phi) is 7.72. The molecule has 1 aliphatic heterocycles. The van der Waals surface area contributed by atoms with E-state index >= 15 is 0 Å². The molecule has 1 heterocycles. The number of allylic oxidation sites excluding steroid dienone is 3. The number of benzene rings is 3. The van der Waals surface area contributed by atoms with Crippen LogP contribution in [0.2, 0.25) is 5.02 Å². The van der Waals surface area contributed by atoms with E-state index in [0.717, 1.165) is 45.6 Å². The average molecular weight is 566 g/mol. The Balaban J connectivity index is 1.70. The topological polar surface area (TPSA) is 79.3 Å². The highest BCUT2D eigenvalue weighted by molar-refractivity contribution is 6.32. The van der Waals surface area contributed by atoms with E-state index in [2.05, 4.69) is 45.0 Å². The lowest BCUT2D eigenvalue weighted by atomic mass is 9.67. The molecule has 0 amide bonds. The van der Waals surface area contributed by atoms with Crippen LogP contribution in [0.5, 0.6) is 5.75 Å². The maximum Gasteiger partial charge on any atom is 0.162 e. The van der Waals surface area contributed by atoms with Crippen LogP contribution in [-0.2, 0) is 17.8 Å². The number of ether oxygens (including phenoxy) is 1. The van der Waals surface area contributed by atoms with Crippen molar-refractivity contribution >= 4 is 23.1 Å². The molecule has 0 saturated heterocycles. The Morgan fingerprint density at radius 3 is 2.49 bits per heavy atom. The number of hydrogen-bond acceptors (Lipinski definition) is 5. The Bertz CT molecular complexity index is 1640. The molecule has 210 valence electrons. The monoisotopic (exact) mass is 565 g/mol. The number of carbonyl (C=O) groups is 1. The molecule has 0 saturated carbocycles. The number of carbonyl (C=O) groups excluding carboxylic acids is 1. The lowest BCUT2D eigenvalue weighted by Gasteiger charge is -2.44. The predicted molar refractivity (Wildman–Crippen MR) is 165 cm³/mol. The van der Waals surface area contributed by atoms with Crippen LogP contribution in [0, 0.1) is 30.6 Å². The van der Waals surface area contributed by atoms with Gasteiger partial charge in [0.25, 0.3) is 0 Å². The number of halogens is 1. The van der Waals surface area contributed by atoms with Crippen molar-refractivity contribution in [2.45, 2.75) is 66.4 Å². The van der Waals surface area contributed by atoms with E-state index in [9.17, 15) is 10.1 Å². The molecule has 3 aromatic carbocycles. The van der Waals surface area contributed by atoms with Crippen molar-refractivity contribution in [2.24, 2.45) is 11.1 Å². The minimum atomic E-state index is -0.553. The van der Waals surface area contributed by atoms with Gasteiger partial charge in [-0.25, -0.2) is 0 Å². The molecule has 0 bridgehead atoms. The van der Waals surface area contributed by atoms with E-state index in [1.807, 2.05) is 55.1 Å². The van der Waals surface area contributed by atoms with E-state index in [1.165, 1.54) is 0 Å². The van der Waals surface area contributed by atoms with E-state index < -0.39 is 5.92 Å². The van der Waals surface area contributed by atoms with Gasteiger partial charge < -0.3 is 10.5 Å². The fourth-order valence-corrected chi connectivity index (χ4v) is 6.44. The molecule has 5 rings (SSSR count). The average Bonchev–Trinajstić information content (AvgIpc) is 2.93. The predicted octanol–water partition coefficient (Wildman–Crippen LogP) is 8.04. The summed E-state index contributed by atoms with van der Waals surface area (Å²) in [6.07, 6.45) is 1.89. The molecule has 0 radical (unpaired) electrons. The zero-order chi connectivity index (χ0) is 29.5. The lowest BCUT2D eigenvalue weighted by molar-refractivity contribution is -0.118. The number of nitrogens with two attached hydrogens (primary N) is 1. The number of rotatable bonds is 6. The normalized spacial score (nSPS) is 18.3. The summed E-state index contributed by atoms with van der Waals surface area (Å²) in [7, 11) is 0. The minimum Gasteiger partial charge on any atom is -0.487 e. The summed E-state index contributed by atoms with van der Waals surface area (Å²) in [6.45, 7) is 10.7. The fraction of sp³-hybridized carbons (Fsp3) is 0.314. The second-order valence-corrected chi connectivity index (χ2v) is 12.2. The molecule has 1 aliphatic carbocycles. The van der Waals surface area contributed by atoms with Gasteiger partial charge in [-0.3, -0.25) is 9.69 Å². The lowest BCUT2D eigenvalue weighted by Crippen LogP contribution is -2.42. The number of nitriles is 1. The van der Waals surface area contributed by atoms with Gasteiger partial charge in [0.2, 0.25) is 0 Å². The molecular weight excluding hydrogens is 530 g/mol. The van der Waals surface area contributed by atoms with Crippen molar-refractivity contribution in [1.29, 1.82) is 5.26 Å². The summed E-state index contributed by atoms with van der Waals surface area (Å²) in [5.74, 6) is 0.506. The molecule has 5 nitrogen and oxygen atoms in total. The standard InChI is InChI=1S/C35H36ClN3O2/c1-6-23-11-7-9-13-28(23)39-29-17-35(4,5)18-30(40)33(29)32(26(19-37)34(39)38)25-16-21(2)15-24(22(25)3)20-41-31-14-10-8-12-27(31)36/h7-16,32H,6,17-18,20,38H2,1-5H3. The van der Waals surface area contributed by atoms with Crippen molar-refractivity contribution < 1.29 is 9.53 Å². The van der Waals surface area contributed by atoms with Crippen LogP contribution in [0.25, 0.3) is 0 Å². The van der Waals surface area contributed by atoms with Crippen molar-refractivity contribution in [3.8, 4) is 11.8 Å². The van der Waals surface area contributed by atoms with Gasteiger partial charge in [-0.15, -0.1) is 0 Å². The summed E-state index contributed by atoms with van der Waals surface area (Å²) in [5.41, 5.74) is 14.6. The first-order valence-corrected chi connectivity index (χ1v) is 14.5. The smallest absolute Gasteiger partial charge is 0.162 e. The number of anilines is 1. The zero-order valence-electron chi connectivity index (χ0n) is 24.3. The summed E-state index contributed by atoms with van der Waals surface area (Å²) >= 11 is 6.34. The number of Topliss-reactive ketones (excluding diaryl/α,β-unsaturated/α-hetero) is 1. The number of nitrogens with zero attached hydrogens (tertiary/aromatic N) is 2. The maximum absolute atomic E-state index is 14.1. The Labute approximate surface area is 247 Å². The number of ketones is 1. The highest BCUT2D eigenvalue weighted by atomic mass is 35.5. The second kappa shape index (κ2) is 11.1. The van der Waals surface area contributed by atoms with Crippen molar-refractivity contribution in [3.05, 3.63) is 116 Å². The first-order valence-electron chi connectivity index (χ1n) is 14.1. The third-order valence-electron chi connectivity index (χ3n) is 8.23. The zero-order valence-corrected chi connectivity index (χ0v) is 25.1. The molecule has 1 unspecified atom stereocenters. The van der Waals surface area contributed by atoms with E-state index in [1.54, 1.807) is 6.07 Å². The summed E-state index contributed by atoms with van der Waals surface area (Å²) < 4.78 is 6.11. The van der Waals surface area contributed by atoms with Gasteiger partial charge in [0, 0.05) is 17.7 Å². The van der Waals surface area contributed by atoms with Crippen molar-refractivity contribution in [2.75, 3.05) is 4.90 Å². The van der Waals surface area contributed by atoms with Crippen LogP contribution in [0.3, 0.4) is 0 Å². The first kappa shape index (κ1) is 28.5. The number of para-hydroxylation sites is 2. The third kappa shape index (κ3) is 5.25. The number of hydrogen-bond donors (Lipinski definition) is 1. The highest BCUT2D eigenvalue weighted by Gasteiger charge is 2.45. The molecule has 0 aromatic heterocycles. The van der Waals surface area contributed by atoms with Gasteiger partial charge in [0.05, 0.1) is 28.3 Å². The van der Waals surface area contributed by atoms with Crippen LogP contribution in [0.4, 0.5) is 5.69 Å². The Hall–Kier alpha value is -4.01. The minimum absolute atomic E-state index is 0.0650. The van der Waals surface area contributed by atoms with E-state index in [-0.39, 0.29) is 11.2 Å². The Morgan fingerprint density at radius 2 is 1.78 bits per heavy atom. The van der Waals surface area contributed by atoms with Crippen LogP contribution < -0.4 is 15.4 Å². The van der Waals surface area contributed by atoms with Gasteiger partial charge in [-0.05, 0) is 72.6 Å². The van der Waals surface area contributed by atoms with Crippen molar-refractivity contribution in [3.63, 3.8) is 0 Å². The molecule has 2 aliphatic rings. The summed E-state index contributed by atoms with van der Waals surface area (Å²) in [5, 5.41) is 11.1. The first-order chi connectivity index (χ1) is 19.6. The van der Waals surface area contributed by atoms with E-state index in [4.69, 9.17) is 22.1 Å². The molecule has 1 atom stereocenters. The van der Waals surface area contributed by atoms with Gasteiger partial charge in [0.1, 0.15) is 18.2 Å². The van der Waals surface area contributed by atoms with Crippen molar-refractivity contribution in [1.82, 2.24) is 0 Å². The van der Waals surface area contributed by atoms with Crippen LogP contribution in [-0.4, -0.2) is 5.78 Å². The highest BCUT2D eigenvalue weighted by Crippen LogP contribution is 2.51. The van der Waals surface area contributed by atoms with Crippen LogP contribution >= 0.6 is 11.6 Å². The molecule has 0 spiro atoms. The maximum atomic E-state index is 14.1. The Morgan fingerprint density at radius 1 is 1.07 bits per heavy atom. The van der Waals surface area contributed by atoms with Gasteiger partial charge in [-0.2, -0.15) is 5.26 Å².